The van der Waals surface area contributed by atoms with Crippen molar-refractivity contribution in [1.82, 2.24) is 29.5 Å². The van der Waals surface area contributed by atoms with Gasteiger partial charge in [-0.3, -0.25) is 14.3 Å². The lowest BCUT2D eigenvalue weighted by atomic mass is 10.1. The Kier molecular flexibility index (Phi) is 5.92. The minimum atomic E-state index is -0.356. The molecule has 0 saturated carbocycles. The van der Waals surface area contributed by atoms with Gasteiger partial charge < -0.3 is 15.0 Å². The molecule has 4 heterocycles. The highest BCUT2D eigenvalue weighted by Gasteiger charge is 2.15. The summed E-state index contributed by atoms with van der Waals surface area (Å²) in [6, 6.07) is 12.3. The Morgan fingerprint density at radius 2 is 2.06 bits per heavy atom. The first-order chi connectivity index (χ1) is 16.6. The summed E-state index contributed by atoms with van der Waals surface area (Å²) < 4.78 is 7.59. The number of ether oxygens (including phenoxy) is 1. The van der Waals surface area contributed by atoms with E-state index in [4.69, 9.17) is 16.3 Å². The molecule has 0 radical (unpaired) electrons. The molecule has 1 atom stereocenters. The van der Waals surface area contributed by atoms with Crippen LogP contribution in [0.4, 0.5) is 5.95 Å². The molecular weight excluding hydrogens is 454 g/mol. The van der Waals surface area contributed by atoms with Gasteiger partial charge in [-0.1, -0.05) is 17.7 Å². The third kappa shape index (κ3) is 4.60. The van der Waals surface area contributed by atoms with Crippen LogP contribution in [0, 0.1) is 0 Å². The fraction of sp³-hybridized carbons (Fsp3) is 0.125. The second-order valence-electron chi connectivity index (χ2n) is 7.61. The Morgan fingerprint density at radius 1 is 1.15 bits per heavy atom. The second-order valence-corrected chi connectivity index (χ2v) is 8.02. The van der Waals surface area contributed by atoms with E-state index in [9.17, 15) is 4.79 Å². The summed E-state index contributed by atoms with van der Waals surface area (Å²) in [6.45, 7) is 2.14. The van der Waals surface area contributed by atoms with Crippen LogP contribution in [0.1, 0.15) is 24.2 Å². The van der Waals surface area contributed by atoms with E-state index in [-0.39, 0.29) is 18.2 Å². The van der Waals surface area contributed by atoms with Crippen molar-refractivity contribution in [3.05, 3.63) is 100 Å². The number of hydrogen-bond donors (Lipinski definition) is 2. The number of fused-ring (bicyclic) bond motifs is 1. The zero-order chi connectivity index (χ0) is 23.5. The molecule has 10 heteroatoms. The van der Waals surface area contributed by atoms with Gasteiger partial charge in [-0.2, -0.15) is 4.98 Å². The van der Waals surface area contributed by atoms with Crippen molar-refractivity contribution in [1.29, 1.82) is 0 Å². The number of anilines is 1. The number of nitrogens with zero attached hydrogens (tertiary/aromatic N) is 5. The Bertz CT molecular complexity index is 1490. The standard InChI is InChI=1S/C24H20ClN7O2/c1-15(29-24-28-7-5-22(31-24)32-9-8-26-14-32)18-10-16-11-19(25)21(12-20(16)30-23(18)33)34-13-17-4-2-3-6-27-17/h2-12,14-15H,13H2,1H3,(H,30,33)(H,28,29,31)/t15-/m0/s1. The van der Waals surface area contributed by atoms with E-state index in [1.165, 1.54) is 0 Å². The predicted octanol–water partition coefficient (Wildman–Crippen LogP) is 4.30. The Morgan fingerprint density at radius 3 is 2.85 bits per heavy atom. The van der Waals surface area contributed by atoms with Crippen molar-refractivity contribution < 1.29 is 4.74 Å². The van der Waals surface area contributed by atoms with Gasteiger partial charge in [0, 0.05) is 41.8 Å². The molecule has 34 heavy (non-hydrogen) atoms. The average molecular weight is 474 g/mol. The Labute approximate surface area is 199 Å². The lowest BCUT2D eigenvalue weighted by molar-refractivity contribution is 0.302. The first kappa shape index (κ1) is 21.6. The fourth-order valence-corrected chi connectivity index (χ4v) is 3.75. The molecule has 4 aromatic heterocycles. The van der Waals surface area contributed by atoms with Crippen molar-refractivity contribution in [3.63, 3.8) is 0 Å². The monoisotopic (exact) mass is 473 g/mol. The lowest BCUT2D eigenvalue weighted by Gasteiger charge is -2.15. The quantitative estimate of drug-likeness (QED) is 0.362. The molecule has 0 fully saturated rings. The van der Waals surface area contributed by atoms with Gasteiger partial charge in [-0.05, 0) is 37.3 Å². The van der Waals surface area contributed by atoms with Crippen LogP contribution in [0.2, 0.25) is 5.02 Å². The number of rotatable bonds is 7. The van der Waals surface area contributed by atoms with Gasteiger partial charge in [0.05, 0.1) is 22.3 Å². The molecule has 0 unspecified atom stereocenters. The number of aromatic nitrogens is 6. The SMILES string of the molecule is C[C@H](Nc1nccc(-n2ccnc2)n1)c1cc2cc(Cl)c(OCc3ccccn3)cc2[nH]c1=O. The van der Waals surface area contributed by atoms with Crippen LogP contribution in [-0.2, 0) is 6.61 Å². The normalized spacial score (nSPS) is 11.9. The van der Waals surface area contributed by atoms with Crippen LogP contribution >= 0.6 is 11.6 Å². The zero-order valence-corrected chi connectivity index (χ0v) is 18.9. The maximum absolute atomic E-state index is 12.9. The van der Waals surface area contributed by atoms with Crippen molar-refractivity contribution in [2.75, 3.05) is 5.32 Å². The minimum Gasteiger partial charge on any atom is -0.486 e. The highest BCUT2D eigenvalue weighted by atomic mass is 35.5. The summed E-state index contributed by atoms with van der Waals surface area (Å²) >= 11 is 6.46. The van der Waals surface area contributed by atoms with Crippen molar-refractivity contribution in [2.45, 2.75) is 19.6 Å². The van der Waals surface area contributed by atoms with E-state index in [1.54, 1.807) is 59.9 Å². The van der Waals surface area contributed by atoms with Crippen LogP contribution in [0.15, 0.2) is 78.4 Å². The van der Waals surface area contributed by atoms with Gasteiger partial charge in [0.2, 0.25) is 5.95 Å². The lowest BCUT2D eigenvalue weighted by Crippen LogP contribution is -2.20. The van der Waals surface area contributed by atoms with Gasteiger partial charge in [0.15, 0.2) is 0 Å². The molecule has 0 spiro atoms. The number of H-pyrrole nitrogens is 1. The summed E-state index contributed by atoms with van der Waals surface area (Å²) in [4.78, 5) is 32.8. The molecule has 0 amide bonds. The summed E-state index contributed by atoms with van der Waals surface area (Å²) in [6.07, 6.45) is 8.47. The van der Waals surface area contributed by atoms with Crippen molar-refractivity contribution in [2.24, 2.45) is 0 Å². The maximum atomic E-state index is 12.9. The average Bonchev–Trinajstić information content (AvgIpc) is 3.39. The molecule has 5 aromatic rings. The third-order valence-corrected chi connectivity index (χ3v) is 5.54. The molecule has 0 aliphatic carbocycles. The number of halogens is 1. The Hall–Kier alpha value is -4.24. The molecule has 170 valence electrons. The minimum absolute atomic E-state index is 0.226. The molecule has 0 saturated heterocycles. The molecule has 0 bridgehead atoms. The molecule has 1 aromatic carbocycles. The third-order valence-electron chi connectivity index (χ3n) is 5.25. The number of aromatic amines is 1. The molecule has 0 aliphatic heterocycles. The highest BCUT2D eigenvalue weighted by molar-refractivity contribution is 6.32. The first-order valence-electron chi connectivity index (χ1n) is 10.5. The van der Waals surface area contributed by atoms with E-state index >= 15 is 0 Å². The summed E-state index contributed by atoms with van der Waals surface area (Å²) in [5.74, 6) is 1.54. The fourth-order valence-electron chi connectivity index (χ4n) is 3.52. The predicted molar refractivity (Wildman–Crippen MR) is 129 cm³/mol. The zero-order valence-electron chi connectivity index (χ0n) is 18.1. The van der Waals surface area contributed by atoms with Crippen molar-refractivity contribution in [3.8, 4) is 11.6 Å². The maximum Gasteiger partial charge on any atom is 0.253 e. The summed E-state index contributed by atoms with van der Waals surface area (Å²) in [5.41, 5.74) is 1.71. The van der Waals surface area contributed by atoms with E-state index in [0.29, 0.717) is 33.6 Å². The van der Waals surface area contributed by atoms with E-state index < -0.39 is 0 Å². The van der Waals surface area contributed by atoms with Crippen LogP contribution in [0.5, 0.6) is 5.75 Å². The largest absolute Gasteiger partial charge is 0.486 e. The van der Waals surface area contributed by atoms with Crippen LogP contribution in [0.3, 0.4) is 0 Å². The molecule has 0 aliphatic rings. The summed E-state index contributed by atoms with van der Waals surface area (Å²) in [7, 11) is 0. The van der Waals surface area contributed by atoms with E-state index in [1.807, 2.05) is 25.1 Å². The van der Waals surface area contributed by atoms with Crippen LogP contribution in [-0.4, -0.2) is 29.5 Å². The number of imidazole rings is 1. The van der Waals surface area contributed by atoms with E-state index in [0.717, 1.165) is 11.1 Å². The number of hydrogen-bond acceptors (Lipinski definition) is 7. The molecule has 2 N–H and O–H groups in total. The van der Waals surface area contributed by atoms with Gasteiger partial charge in [0.1, 0.15) is 24.5 Å². The van der Waals surface area contributed by atoms with E-state index in [2.05, 4.69) is 30.2 Å². The highest BCUT2D eigenvalue weighted by Crippen LogP contribution is 2.30. The van der Waals surface area contributed by atoms with Crippen molar-refractivity contribution >= 4 is 28.5 Å². The van der Waals surface area contributed by atoms with Crippen LogP contribution in [0.25, 0.3) is 16.7 Å². The topological polar surface area (TPSA) is 111 Å². The van der Waals surface area contributed by atoms with Gasteiger partial charge in [-0.15, -0.1) is 0 Å². The number of pyridine rings is 2. The van der Waals surface area contributed by atoms with Crippen LogP contribution < -0.4 is 15.6 Å². The smallest absolute Gasteiger partial charge is 0.253 e. The molecule has 9 nitrogen and oxygen atoms in total. The number of benzene rings is 1. The first-order valence-corrected chi connectivity index (χ1v) is 10.9. The molecule has 5 rings (SSSR count). The molecular formula is C24H20ClN7O2. The Balaban J connectivity index is 1.38. The van der Waals surface area contributed by atoms with Gasteiger partial charge in [0.25, 0.3) is 5.56 Å². The number of nitrogens with one attached hydrogen (secondary N) is 2. The summed E-state index contributed by atoms with van der Waals surface area (Å²) in [5, 5.41) is 4.42. The van der Waals surface area contributed by atoms with Gasteiger partial charge in [-0.25, -0.2) is 9.97 Å². The second kappa shape index (κ2) is 9.32. The van der Waals surface area contributed by atoms with Gasteiger partial charge >= 0.3 is 0 Å².